The van der Waals surface area contributed by atoms with Crippen LogP contribution in [0.1, 0.15) is 18.4 Å². The van der Waals surface area contributed by atoms with E-state index in [9.17, 15) is 4.79 Å². The van der Waals surface area contributed by atoms with Crippen LogP contribution in [-0.2, 0) is 16.0 Å². The van der Waals surface area contributed by atoms with Gasteiger partial charge in [0.2, 0.25) is 0 Å². The zero-order valence-corrected chi connectivity index (χ0v) is 11.2. The summed E-state index contributed by atoms with van der Waals surface area (Å²) in [5.41, 5.74) is 7.05. The summed E-state index contributed by atoms with van der Waals surface area (Å²) < 4.78 is 5.92. The first-order valence-corrected chi connectivity index (χ1v) is 6.89. The largest absolute Gasteiger partial charge is 0.468 e. The molecule has 0 aliphatic heterocycles. The minimum atomic E-state index is -0.500. The third kappa shape index (κ3) is 2.89. The molecule has 18 heavy (non-hydrogen) atoms. The van der Waals surface area contributed by atoms with Gasteiger partial charge in [-0.15, -0.1) is 11.3 Å². The molecule has 0 spiro atoms. The molecule has 96 valence electrons. The van der Waals surface area contributed by atoms with Gasteiger partial charge in [0.15, 0.2) is 0 Å². The lowest BCUT2D eigenvalue weighted by Gasteiger charge is -2.08. The van der Waals surface area contributed by atoms with E-state index in [1.54, 1.807) is 11.3 Å². The molecule has 1 heterocycles. The summed E-state index contributed by atoms with van der Waals surface area (Å²) in [4.78, 5) is 11.2. The fourth-order valence-corrected chi connectivity index (χ4v) is 3.01. The fraction of sp³-hybridized carbons (Fsp3) is 0.357. The van der Waals surface area contributed by atoms with E-state index in [2.05, 4.69) is 34.4 Å². The molecular formula is C14H17NO2S. The Morgan fingerprint density at radius 3 is 3.00 bits per heavy atom. The van der Waals surface area contributed by atoms with Gasteiger partial charge in [-0.2, -0.15) is 0 Å². The second-order valence-corrected chi connectivity index (χ2v) is 5.19. The molecule has 0 amide bonds. The smallest absolute Gasteiger partial charge is 0.322 e. The number of benzene rings is 1. The molecule has 2 N–H and O–H groups in total. The third-order valence-electron chi connectivity index (χ3n) is 3.03. The number of fused-ring (bicyclic) bond motifs is 1. The van der Waals surface area contributed by atoms with Gasteiger partial charge in [-0.1, -0.05) is 18.2 Å². The van der Waals surface area contributed by atoms with E-state index >= 15 is 0 Å². The number of methoxy groups -OCH3 is 1. The first-order valence-electron chi connectivity index (χ1n) is 6.01. The van der Waals surface area contributed by atoms with Crippen molar-refractivity contribution in [3.63, 3.8) is 0 Å². The number of hydrogen-bond donors (Lipinski definition) is 1. The number of rotatable bonds is 5. The summed E-state index contributed by atoms with van der Waals surface area (Å²) in [5, 5.41) is 3.50. The van der Waals surface area contributed by atoms with E-state index in [4.69, 9.17) is 5.73 Å². The van der Waals surface area contributed by atoms with Crippen molar-refractivity contribution in [2.24, 2.45) is 5.73 Å². The molecule has 0 fully saturated rings. The van der Waals surface area contributed by atoms with Crippen molar-refractivity contribution in [2.45, 2.75) is 25.3 Å². The molecule has 1 aromatic heterocycles. The fourth-order valence-electron chi connectivity index (χ4n) is 2.01. The number of thiophene rings is 1. The second kappa shape index (κ2) is 5.98. The number of nitrogens with two attached hydrogens (primary N) is 1. The van der Waals surface area contributed by atoms with Gasteiger partial charge in [-0.05, 0) is 41.7 Å². The number of carbonyl (C=O) groups excluding carboxylic acids is 1. The summed E-state index contributed by atoms with van der Waals surface area (Å²) in [5.74, 6) is -0.329. The van der Waals surface area contributed by atoms with Crippen LogP contribution in [0.3, 0.4) is 0 Å². The summed E-state index contributed by atoms with van der Waals surface area (Å²) in [6, 6.07) is 7.87. The molecule has 1 unspecified atom stereocenters. The van der Waals surface area contributed by atoms with Crippen molar-refractivity contribution in [2.75, 3.05) is 7.11 Å². The van der Waals surface area contributed by atoms with Crippen LogP contribution < -0.4 is 5.73 Å². The number of aryl methyl sites for hydroxylation is 1. The highest BCUT2D eigenvalue weighted by Crippen LogP contribution is 2.26. The molecule has 0 bridgehead atoms. The van der Waals surface area contributed by atoms with E-state index in [1.165, 1.54) is 22.8 Å². The summed E-state index contributed by atoms with van der Waals surface area (Å²) in [6.07, 6.45) is 2.52. The Morgan fingerprint density at radius 2 is 2.22 bits per heavy atom. The maximum absolute atomic E-state index is 11.2. The van der Waals surface area contributed by atoms with Gasteiger partial charge < -0.3 is 10.5 Å². The van der Waals surface area contributed by atoms with Crippen molar-refractivity contribution >= 4 is 27.4 Å². The van der Waals surface area contributed by atoms with E-state index in [-0.39, 0.29) is 5.97 Å². The van der Waals surface area contributed by atoms with Gasteiger partial charge in [-0.3, -0.25) is 4.79 Å². The molecule has 0 saturated carbocycles. The molecule has 0 aliphatic rings. The van der Waals surface area contributed by atoms with Crippen LogP contribution in [0.25, 0.3) is 10.1 Å². The molecule has 2 rings (SSSR count). The second-order valence-electron chi connectivity index (χ2n) is 4.28. The lowest BCUT2D eigenvalue weighted by atomic mass is 10.0. The zero-order valence-electron chi connectivity index (χ0n) is 10.4. The van der Waals surface area contributed by atoms with E-state index < -0.39 is 6.04 Å². The van der Waals surface area contributed by atoms with Gasteiger partial charge in [0, 0.05) is 4.70 Å². The number of carbonyl (C=O) groups is 1. The van der Waals surface area contributed by atoms with Crippen molar-refractivity contribution in [3.05, 3.63) is 35.2 Å². The Labute approximate surface area is 111 Å². The van der Waals surface area contributed by atoms with E-state index in [0.29, 0.717) is 6.42 Å². The molecule has 2 aromatic rings. The predicted molar refractivity (Wildman–Crippen MR) is 74.8 cm³/mol. The molecule has 0 aliphatic carbocycles. The van der Waals surface area contributed by atoms with Gasteiger partial charge in [0.25, 0.3) is 0 Å². The highest BCUT2D eigenvalue weighted by Gasteiger charge is 2.13. The van der Waals surface area contributed by atoms with Crippen molar-refractivity contribution in [1.82, 2.24) is 0 Å². The SMILES string of the molecule is COC(=O)C(N)CCCc1csc2ccccc12. The topological polar surface area (TPSA) is 52.3 Å². The van der Waals surface area contributed by atoms with Crippen LogP contribution in [0.5, 0.6) is 0 Å². The lowest BCUT2D eigenvalue weighted by molar-refractivity contribution is -0.142. The van der Waals surface area contributed by atoms with Gasteiger partial charge in [0.1, 0.15) is 6.04 Å². The van der Waals surface area contributed by atoms with Crippen molar-refractivity contribution < 1.29 is 9.53 Å². The minimum Gasteiger partial charge on any atom is -0.468 e. The Bertz CT molecular complexity index is 535. The zero-order chi connectivity index (χ0) is 13.0. The van der Waals surface area contributed by atoms with Gasteiger partial charge in [0.05, 0.1) is 7.11 Å². The number of hydrogen-bond acceptors (Lipinski definition) is 4. The van der Waals surface area contributed by atoms with Crippen LogP contribution in [0.15, 0.2) is 29.6 Å². The summed E-state index contributed by atoms with van der Waals surface area (Å²) in [6.45, 7) is 0. The molecule has 3 nitrogen and oxygen atoms in total. The standard InChI is InChI=1S/C14H17NO2S/c1-17-14(16)12(15)7-4-5-10-9-18-13-8-3-2-6-11(10)13/h2-3,6,8-9,12H,4-5,7,15H2,1H3. The number of ether oxygens (including phenoxy) is 1. The van der Waals surface area contributed by atoms with Crippen molar-refractivity contribution in [1.29, 1.82) is 0 Å². The lowest BCUT2D eigenvalue weighted by Crippen LogP contribution is -2.31. The van der Waals surface area contributed by atoms with Gasteiger partial charge in [-0.25, -0.2) is 0 Å². The van der Waals surface area contributed by atoms with Crippen LogP contribution in [0.2, 0.25) is 0 Å². The quantitative estimate of drug-likeness (QED) is 0.844. The summed E-state index contributed by atoms with van der Waals surface area (Å²) in [7, 11) is 1.37. The van der Waals surface area contributed by atoms with E-state index in [1.807, 2.05) is 0 Å². The molecule has 1 atom stereocenters. The molecule has 1 aromatic carbocycles. The molecule has 0 saturated heterocycles. The van der Waals surface area contributed by atoms with E-state index in [0.717, 1.165) is 12.8 Å². The monoisotopic (exact) mass is 263 g/mol. The Balaban J connectivity index is 1.93. The molecule has 4 heteroatoms. The molecule has 0 radical (unpaired) electrons. The van der Waals surface area contributed by atoms with Crippen molar-refractivity contribution in [3.8, 4) is 0 Å². The Hall–Kier alpha value is -1.39. The highest BCUT2D eigenvalue weighted by molar-refractivity contribution is 7.17. The van der Waals surface area contributed by atoms with Crippen LogP contribution in [0.4, 0.5) is 0 Å². The van der Waals surface area contributed by atoms with Crippen LogP contribution in [-0.4, -0.2) is 19.1 Å². The highest BCUT2D eigenvalue weighted by atomic mass is 32.1. The first kappa shape index (κ1) is 13.1. The normalized spacial score (nSPS) is 12.6. The average Bonchev–Trinajstić information content (AvgIpc) is 2.81. The number of esters is 1. The van der Waals surface area contributed by atoms with Crippen LogP contribution in [0, 0.1) is 0 Å². The maximum atomic E-state index is 11.2. The van der Waals surface area contributed by atoms with Crippen LogP contribution >= 0.6 is 11.3 Å². The first-order chi connectivity index (χ1) is 8.72. The Kier molecular flexibility index (Phi) is 4.33. The van der Waals surface area contributed by atoms with Gasteiger partial charge >= 0.3 is 5.97 Å². The third-order valence-corrected chi connectivity index (χ3v) is 4.04. The average molecular weight is 263 g/mol. The maximum Gasteiger partial charge on any atom is 0.322 e. The molecular weight excluding hydrogens is 246 g/mol. The Morgan fingerprint density at radius 1 is 1.44 bits per heavy atom. The predicted octanol–water partition coefficient (Wildman–Crippen LogP) is 2.72. The minimum absolute atomic E-state index is 0.329. The summed E-state index contributed by atoms with van der Waals surface area (Å²) >= 11 is 1.76.